The third-order valence-electron chi connectivity index (χ3n) is 2.65. The summed E-state index contributed by atoms with van der Waals surface area (Å²) in [7, 11) is 0. The van der Waals surface area contributed by atoms with E-state index >= 15 is 0 Å². The van der Waals surface area contributed by atoms with Gasteiger partial charge < -0.3 is 15.3 Å². The Labute approximate surface area is 113 Å². The number of carboxylic acid groups (broad SMARTS) is 1. The Hall–Kier alpha value is -1.85. The molecular weight excluding hydrogens is 248 g/mol. The normalized spacial score (nSPS) is 15.9. The van der Waals surface area contributed by atoms with E-state index in [1.165, 1.54) is 0 Å². The molecule has 2 amide bonds. The molecule has 1 rings (SSSR count). The van der Waals surface area contributed by atoms with Gasteiger partial charge in [0.05, 0.1) is 0 Å². The summed E-state index contributed by atoms with van der Waals surface area (Å²) in [6.45, 7) is 4.40. The summed E-state index contributed by atoms with van der Waals surface area (Å²) in [5.74, 6) is 0.00554. The summed E-state index contributed by atoms with van der Waals surface area (Å²) in [6.07, 6.45) is 6.63. The first-order chi connectivity index (χ1) is 9.06. The highest BCUT2D eigenvalue weighted by Crippen LogP contribution is 2.11. The summed E-state index contributed by atoms with van der Waals surface area (Å²) < 4.78 is 0. The summed E-state index contributed by atoms with van der Waals surface area (Å²) in [4.78, 5) is 32.9. The van der Waals surface area contributed by atoms with Crippen LogP contribution in [-0.2, 0) is 14.4 Å². The van der Waals surface area contributed by atoms with E-state index in [2.05, 4.69) is 12.2 Å². The van der Waals surface area contributed by atoms with E-state index in [-0.39, 0.29) is 24.5 Å². The van der Waals surface area contributed by atoms with Gasteiger partial charge in [-0.3, -0.25) is 14.4 Å². The fraction of sp³-hybridized carbons (Fsp3) is 0.615. The number of carbonyl (C=O) groups excluding carboxylic acids is 2. The van der Waals surface area contributed by atoms with Gasteiger partial charge in [0, 0.05) is 13.0 Å². The van der Waals surface area contributed by atoms with Crippen LogP contribution < -0.4 is 5.32 Å². The second-order valence-corrected chi connectivity index (χ2v) is 4.17. The fourth-order valence-electron chi connectivity index (χ4n) is 1.77. The molecule has 0 aliphatic carbocycles. The van der Waals surface area contributed by atoms with Crippen molar-refractivity contribution in [2.24, 2.45) is 0 Å². The zero-order valence-electron chi connectivity index (χ0n) is 11.5. The van der Waals surface area contributed by atoms with Gasteiger partial charge in [-0.15, -0.1) is 0 Å². The van der Waals surface area contributed by atoms with Gasteiger partial charge >= 0.3 is 0 Å². The van der Waals surface area contributed by atoms with Crippen molar-refractivity contribution in [3.8, 4) is 0 Å². The molecule has 0 aromatic carbocycles. The zero-order chi connectivity index (χ0) is 14.7. The number of nitrogens with zero attached hydrogens (tertiary/aromatic N) is 1. The monoisotopic (exact) mass is 270 g/mol. The van der Waals surface area contributed by atoms with Gasteiger partial charge in [0.2, 0.25) is 11.8 Å². The first kappa shape index (κ1) is 17.2. The molecule has 6 heteroatoms. The van der Waals surface area contributed by atoms with Crippen molar-refractivity contribution in [3.63, 3.8) is 0 Å². The lowest BCUT2D eigenvalue weighted by Gasteiger charge is -2.24. The minimum absolute atomic E-state index is 0.124. The van der Waals surface area contributed by atoms with E-state index in [1.54, 1.807) is 11.0 Å². The topological polar surface area (TPSA) is 86.7 Å². The van der Waals surface area contributed by atoms with Crippen LogP contribution in [0.5, 0.6) is 0 Å². The van der Waals surface area contributed by atoms with Gasteiger partial charge in [-0.1, -0.05) is 19.4 Å². The Balaban J connectivity index is 0.000000982. The lowest BCUT2D eigenvalue weighted by molar-refractivity contribution is -0.131. The number of allylic oxidation sites excluding steroid dienone is 1. The van der Waals surface area contributed by atoms with E-state index in [0.29, 0.717) is 6.42 Å². The highest BCUT2D eigenvalue weighted by atomic mass is 16.3. The Kier molecular flexibility index (Phi) is 9.12. The molecule has 19 heavy (non-hydrogen) atoms. The number of likely N-dealkylation sites (tertiary alicyclic amines) is 1. The quantitative estimate of drug-likeness (QED) is 0.579. The van der Waals surface area contributed by atoms with Crippen molar-refractivity contribution >= 4 is 18.3 Å². The largest absolute Gasteiger partial charge is 0.483 e. The van der Waals surface area contributed by atoms with E-state index < -0.39 is 0 Å². The van der Waals surface area contributed by atoms with Crippen LogP contribution in [0, 0.1) is 0 Å². The molecule has 1 aliphatic heterocycles. The predicted octanol–water partition coefficient (Wildman–Crippen LogP) is 1.13. The molecule has 0 spiro atoms. The van der Waals surface area contributed by atoms with E-state index in [0.717, 1.165) is 25.8 Å². The van der Waals surface area contributed by atoms with Gasteiger partial charge in [-0.05, 0) is 25.8 Å². The summed E-state index contributed by atoms with van der Waals surface area (Å²) >= 11 is 0. The average Bonchev–Trinajstić information content (AvgIpc) is 2.77. The molecule has 1 atom stereocenters. The predicted molar refractivity (Wildman–Crippen MR) is 71.3 cm³/mol. The van der Waals surface area contributed by atoms with E-state index in [9.17, 15) is 9.59 Å². The molecule has 0 bridgehead atoms. The number of carbonyl (C=O) groups is 3. The molecule has 2 N–H and O–H groups in total. The van der Waals surface area contributed by atoms with Crippen molar-refractivity contribution in [1.29, 1.82) is 0 Å². The van der Waals surface area contributed by atoms with Crippen molar-refractivity contribution < 1.29 is 19.5 Å². The number of unbranched alkanes of at least 4 members (excludes halogenated alkanes) is 1. The second kappa shape index (κ2) is 10.1. The molecule has 0 aromatic rings. The number of rotatable bonds is 5. The maximum atomic E-state index is 11.5. The SMILES string of the molecule is CCC/C=C\C(=O)NC(C)N1CCCC1=O.O=CO. The minimum atomic E-state index is -0.250. The van der Waals surface area contributed by atoms with Crippen molar-refractivity contribution in [2.75, 3.05) is 6.54 Å². The zero-order valence-corrected chi connectivity index (χ0v) is 11.5. The molecule has 6 nitrogen and oxygen atoms in total. The lowest BCUT2D eigenvalue weighted by Crippen LogP contribution is -2.46. The maximum absolute atomic E-state index is 11.5. The lowest BCUT2D eigenvalue weighted by atomic mass is 10.3. The third-order valence-corrected chi connectivity index (χ3v) is 2.65. The van der Waals surface area contributed by atoms with Crippen molar-refractivity contribution in [3.05, 3.63) is 12.2 Å². The number of nitrogens with one attached hydrogen (secondary N) is 1. The van der Waals surface area contributed by atoms with E-state index in [1.807, 2.05) is 13.0 Å². The highest BCUT2D eigenvalue weighted by Gasteiger charge is 2.25. The fourth-order valence-corrected chi connectivity index (χ4v) is 1.77. The highest BCUT2D eigenvalue weighted by molar-refractivity contribution is 5.88. The van der Waals surface area contributed by atoms with Crippen LogP contribution in [0.3, 0.4) is 0 Å². The Bertz CT molecular complexity index is 329. The minimum Gasteiger partial charge on any atom is -0.483 e. The molecule has 108 valence electrons. The van der Waals surface area contributed by atoms with Crippen LogP contribution >= 0.6 is 0 Å². The molecule has 1 aliphatic rings. The smallest absolute Gasteiger partial charge is 0.290 e. The van der Waals surface area contributed by atoms with Crippen LogP contribution in [0.1, 0.15) is 39.5 Å². The summed E-state index contributed by atoms with van der Waals surface area (Å²) in [5.41, 5.74) is 0. The second-order valence-electron chi connectivity index (χ2n) is 4.17. The van der Waals surface area contributed by atoms with E-state index in [4.69, 9.17) is 9.90 Å². The summed E-state index contributed by atoms with van der Waals surface area (Å²) in [6, 6.07) is 0. The first-order valence-corrected chi connectivity index (χ1v) is 6.41. The van der Waals surface area contributed by atoms with Crippen LogP contribution in [0.2, 0.25) is 0 Å². The number of amides is 2. The van der Waals surface area contributed by atoms with Crippen LogP contribution in [0.25, 0.3) is 0 Å². The molecular formula is C13H22N2O4. The summed E-state index contributed by atoms with van der Waals surface area (Å²) in [5, 5.41) is 9.68. The molecule has 1 saturated heterocycles. The standard InChI is InChI=1S/C12H20N2O2.CH2O2/c1-3-4-5-7-11(15)13-10(2)14-9-6-8-12(14)16;2-1-3/h5,7,10H,3-4,6,8-9H2,1-2H3,(H,13,15);1H,(H,2,3)/b7-5-;. The molecule has 0 aromatic heterocycles. The molecule has 1 heterocycles. The van der Waals surface area contributed by atoms with Crippen LogP contribution in [0.15, 0.2) is 12.2 Å². The Morgan fingerprint density at radius 1 is 1.58 bits per heavy atom. The maximum Gasteiger partial charge on any atom is 0.290 e. The Morgan fingerprint density at radius 3 is 2.68 bits per heavy atom. The molecule has 0 saturated carbocycles. The van der Waals surface area contributed by atoms with Gasteiger partial charge in [-0.25, -0.2) is 0 Å². The number of hydrogen-bond acceptors (Lipinski definition) is 3. The average molecular weight is 270 g/mol. The first-order valence-electron chi connectivity index (χ1n) is 6.41. The third kappa shape index (κ3) is 7.23. The molecule has 1 unspecified atom stereocenters. The van der Waals surface area contributed by atoms with Gasteiger partial charge in [0.15, 0.2) is 0 Å². The van der Waals surface area contributed by atoms with Crippen molar-refractivity contribution in [2.45, 2.75) is 45.7 Å². The van der Waals surface area contributed by atoms with Gasteiger partial charge in [0.25, 0.3) is 6.47 Å². The van der Waals surface area contributed by atoms with Gasteiger partial charge in [0.1, 0.15) is 6.17 Å². The van der Waals surface area contributed by atoms with Crippen molar-refractivity contribution in [1.82, 2.24) is 10.2 Å². The Morgan fingerprint density at radius 2 is 2.21 bits per heavy atom. The van der Waals surface area contributed by atoms with Crippen LogP contribution in [0.4, 0.5) is 0 Å². The number of hydrogen-bond donors (Lipinski definition) is 2. The molecule has 0 radical (unpaired) electrons. The molecule has 1 fully saturated rings. The van der Waals surface area contributed by atoms with Gasteiger partial charge in [-0.2, -0.15) is 0 Å². The van der Waals surface area contributed by atoms with Crippen LogP contribution in [-0.4, -0.2) is 41.0 Å².